The van der Waals surface area contributed by atoms with E-state index in [4.69, 9.17) is 16.3 Å². The molecule has 7 nitrogen and oxygen atoms in total. The van der Waals surface area contributed by atoms with Gasteiger partial charge in [0.15, 0.2) is 0 Å². The van der Waals surface area contributed by atoms with Crippen LogP contribution >= 0.6 is 11.6 Å². The summed E-state index contributed by atoms with van der Waals surface area (Å²) in [6.07, 6.45) is 1.50. The maximum atomic E-state index is 13.3. The fraction of sp³-hybridized carbons (Fsp3) is 0.367. The first-order chi connectivity index (χ1) is 18.3. The first-order valence-corrected chi connectivity index (χ1v) is 13.4. The van der Waals surface area contributed by atoms with E-state index in [1.165, 1.54) is 0 Å². The highest BCUT2D eigenvalue weighted by molar-refractivity contribution is 6.31. The molecule has 0 spiro atoms. The summed E-state index contributed by atoms with van der Waals surface area (Å²) in [6, 6.07) is 18.6. The number of rotatable bonds is 3. The molecular weight excluding hydrogens is 502 g/mol. The maximum absolute atomic E-state index is 13.3. The molecule has 38 heavy (non-hydrogen) atoms. The molecule has 1 heterocycles. The molecule has 0 bridgehead atoms. The second kappa shape index (κ2) is 12.8. The molecule has 3 amide bonds. The molecule has 1 aliphatic heterocycles. The van der Waals surface area contributed by atoms with Crippen molar-refractivity contribution in [3.8, 4) is 5.75 Å². The highest BCUT2D eigenvalue weighted by atomic mass is 35.5. The Hall–Kier alpha value is -3.58. The Kier molecular flexibility index (Phi) is 9.24. The van der Waals surface area contributed by atoms with Crippen LogP contribution in [0.5, 0.6) is 5.75 Å². The van der Waals surface area contributed by atoms with Crippen LogP contribution in [0, 0.1) is 5.92 Å². The number of hydrogen-bond acceptors (Lipinski definition) is 4. The van der Waals surface area contributed by atoms with Crippen molar-refractivity contribution in [1.82, 2.24) is 15.5 Å². The van der Waals surface area contributed by atoms with Crippen LogP contribution in [0.15, 0.2) is 60.7 Å². The zero-order valence-corrected chi connectivity index (χ0v) is 22.6. The minimum Gasteiger partial charge on any atom is -0.491 e. The summed E-state index contributed by atoms with van der Waals surface area (Å²) in [4.78, 5) is 40.9. The normalized spacial score (nSPS) is 17.6. The summed E-state index contributed by atoms with van der Waals surface area (Å²) in [5.41, 5.74) is 1.26. The largest absolute Gasteiger partial charge is 0.491 e. The van der Waals surface area contributed by atoms with Crippen molar-refractivity contribution in [2.75, 3.05) is 26.2 Å². The Morgan fingerprint density at radius 1 is 1.05 bits per heavy atom. The number of fused-ring (bicyclic) bond motifs is 2. The SMILES string of the molecule is CC(C)[C@H]1COc2ccc(Cl)cc2C(=O)NCCCCN(C(=O)Cc2ccc3ccccc3c2)CC(=O)N1. The van der Waals surface area contributed by atoms with E-state index >= 15 is 0 Å². The lowest BCUT2D eigenvalue weighted by Crippen LogP contribution is -2.48. The van der Waals surface area contributed by atoms with Crippen LogP contribution in [-0.4, -0.2) is 54.9 Å². The molecule has 4 rings (SSSR count). The van der Waals surface area contributed by atoms with Crippen LogP contribution < -0.4 is 15.4 Å². The van der Waals surface area contributed by atoms with Gasteiger partial charge in [-0.2, -0.15) is 0 Å². The summed E-state index contributed by atoms with van der Waals surface area (Å²) < 4.78 is 5.99. The lowest BCUT2D eigenvalue weighted by Gasteiger charge is -2.26. The van der Waals surface area contributed by atoms with E-state index in [0.29, 0.717) is 42.3 Å². The summed E-state index contributed by atoms with van der Waals surface area (Å²) in [7, 11) is 0. The molecular formula is C30H34ClN3O4. The van der Waals surface area contributed by atoms with Gasteiger partial charge in [-0.05, 0) is 53.3 Å². The van der Waals surface area contributed by atoms with Crippen LogP contribution in [0.25, 0.3) is 10.8 Å². The first kappa shape index (κ1) is 27.5. The van der Waals surface area contributed by atoms with Crippen LogP contribution in [0.3, 0.4) is 0 Å². The van der Waals surface area contributed by atoms with Crippen molar-refractivity contribution in [3.05, 3.63) is 76.8 Å². The number of hydrogen-bond donors (Lipinski definition) is 2. The number of nitrogens with one attached hydrogen (secondary N) is 2. The van der Waals surface area contributed by atoms with Crippen molar-refractivity contribution in [3.63, 3.8) is 0 Å². The molecule has 0 saturated heterocycles. The Morgan fingerprint density at radius 2 is 1.84 bits per heavy atom. The third-order valence-electron chi connectivity index (χ3n) is 6.75. The number of carbonyl (C=O) groups is 3. The highest BCUT2D eigenvalue weighted by Crippen LogP contribution is 2.24. The zero-order valence-electron chi connectivity index (χ0n) is 21.8. The Balaban J connectivity index is 1.50. The van der Waals surface area contributed by atoms with Crippen molar-refractivity contribution >= 4 is 40.1 Å². The van der Waals surface area contributed by atoms with Gasteiger partial charge in [0.2, 0.25) is 11.8 Å². The lowest BCUT2D eigenvalue weighted by atomic mass is 10.0. The quantitative estimate of drug-likeness (QED) is 0.513. The van der Waals surface area contributed by atoms with Gasteiger partial charge in [0.1, 0.15) is 12.4 Å². The predicted octanol–water partition coefficient (Wildman–Crippen LogP) is 4.61. The van der Waals surface area contributed by atoms with Gasteiger partial charge in [0, 0.05) is 18.1 Å². The first-order valence-electron chi connectivity index (χ1n) is 13.1. The van der Waals surface area contributed by atoms with Crippen LogP contribution in [0.4, 0.5) is 0 Å². The third-order valence-corrected chi connectivity index (χ3v) is 6.99. The number of ether oxygens (including phenoxy) is 1. The molecule has 8 heteroatoms. The second-order valence-electron chi connectivity index (χ2n) is 10.0. The van der Waals surface area contributed by atoms with Gasteiger partial charge in [-0.1, -0.05) is 67.9 Å². The van der Waals surface area contributed by atoms with Gasteiger partial charge >= 0.3 is 0 Å². The molecule has 2 N–H and O–H groups in total. The van der Waals surface area contributed by atoms with Crippen molar-refractivity contribution in [1.29, 1.82) is 0 Å². The fourth-order valence-corrected chi connectivity index (χ4v) is 4.64. The molecule has 0 unspecified atom stereocenters. The summed E-state index contributed by atoms with van der Waals surface area (Å²) in [5.74, 6) is -0.135. The van der Waals surface area contributed by atoms with Crippen LogP contribution in [0.2, 0.25) is 5.02 Å². The molecule has 0 radical (unpaired) electrons. The smallest absolute Gasteiger partial charge is 0.255 e. The van der Waals surface area contributed by atoms with Gasteiger partial charge in [0.05, 0.1) is 24.6 Å². The van der Waals surface area contributed by atoms with E-state index in [1.54, 1.807) is 23.1 Å². The van der Waals surface area contributed by atoms with Gasteiger partial charge in [-0.3, -0.25) is 14.4 Å². The van der Waals surface area contributed by atoms with Gasteiger partial charge < -0.3 is 20.3 Å². The number of carbonyl (C=O) groups excluding carboxylic acids is 3. The van der Waals surface area contributed by atoms with Gasteiger partial charge in [-0.25, -0.2) is 0 Å². The Bertz CT molecular complexity index is 1310. The van der Waals surface area contributed by atoms with Crippen LogP contribution in [0.1, 0.15) is 42.6 Å². The fourth-order valence-electron chi connectivity index (χ4n) is 4.46. The standard InChI is InChI=1S/C30H34ClN3O4/c1-20(2)26-19-38-27-12-11-24(31)17-25(27)30(37)32-13-5-6-14-34(18-28(35)33-26)29(36)16-21-9-10-22-7-3-4-8-23(22)15-21/h3-4,7-12,15,17,20,26H,5-6,13-14,16,18-19H2,1-2H3,(H,32,37)(H,33,35)/t26-/m1/s1. The molecule has 0 fully saturated rings. The Labute approximate surface area is 228 Å². The van der Waals surface area contributed by atoms with E-state index in [1.807, 2.05) is 56.3 Å². The molecule has 0 aromatic heterocycles. The molecule has 0 aliphatic carbocycles. The molecule has 1 aliphatic rings. The molecule has 1 atom stereocenters. The van der Waals surface area contributed by atoms with E-state index in [9.17, 15) is 14.4 Å². The predicted molar refractivity (Wildman–Crippen MR) is 150 cm³/mol. The summed E-state index contributed by atoms with van der Waals surface area (Å²) >= 11 is 6.14. The van der Waals surface area contributed by atoms with Crippen molar-refractivity contribution in [2.45, 2.75) is 39.2 Å². The number of nitrogens with zero attached hydrogens (tertiary/aromatic N) is 1. The molecule has 3 aromatic rings. The van der Waals surface area contributed by atoms with Crippen molar-refractivity contribution in [2.24, 2.45) is 5.92 Å². The minimum atomic E-state index is -0.309. The van der Waals surface area contributed by atoms with E-state index in [2.05, 4.69) is 10.6 Å². The number of benzene rings is 3. The monoisotopic (exact) mass is 535 g/mol. The number of amides is 3. The van der Waals surface area contributed by atoms with Crippen molar-refractivity contribution < 1.29 is 19.1 Å². The second-order valence-corrected chi connectivity index (χ2v) is 10.4. The van der Waals surface area contributed by atoms with Gasteiger partial charge in [0.25, 0.3) is 5.91 Å². The van der Waals surface area contributed by atoms with E-state index in [0.717, 1.165) is 16.3 Å². The van der Waals surface area contributed by atoms with Gasteiger partial charge in [-0.15, -0.1) is 0 Å². The zero-order chi connectivity index (χ0) is 27.1. The van der Waals surface area contributed by atoms with E-state index in [-0.39, 0.29) is 49.3 Å². The topological polar surface area (TPSA) is 87.7 Å². The maximum Gasteiger partial charge on any atom is 0.255 e. The highest BCUT2D eigenvalue weighted by Gasteiger charge is 2.23. The molecule has 3 aromatic carbocycles. The summed E-state index contributed by atoms with van der Waals surface area (Å²) in [6.45, 7) is 4.96. The average Bonchev–Trinajstić information content (AvgIpc) is 2.90. The lowest BCUT2D eigenvalue weighted by molar-refractivity contribution is -0.136. The third kappa shape index (κ3) is 7.25. The molecule has 200 valence electrons. The van der Waals surface area contributed by atoms with E-state index < -0.39 is 0 Å². The minimum absolute atomic E-state index is 0.0335. The number of halogens is 1. The van der Waals surface area contributed by atoms with Crippen LogP contribution in [-0.2, 0) is 16.0 Å². The average molecular weight is 536 g/mol. The molecule has 0 saturated carbocycles. The summed E-state index contributed by atoms with van der Waals surface area (Å²) in [5, 5.41) is 8.57. The Morgan fingerprint density at radius 3 is 2.63 bits per heavy atom.